The number of primary amides is 4. The summed E-state index contributed by atoms with van der Waals surface area (Å²) in [5, 5.41) is 0. The fourth-order valence-electron chi connectivity index (χ4n) is 1.83. The van der Waals surface area contributed by atoms with Gasteiger partial charge in [0, 0.05) is 0 Å². The first-order chi connectivity index (χ1) is 11.3. The molecule has 0 aliphatic heterocycles. The van der Waals surface area contributed by atoms with Gasteiger partial charge in [0.25, 0.3) is 0 Å². The third-order valence-corrected chi connectivity index (χ3v) is 2.92. The Morgan fingerprint density at radius 2 is 0.625 bits per heavy atom. The minimum atomic E-state index is -0.649. The van der Waals surface area contributed by atoms with Crippen LogP contribution in [0.3, 0.4) is 0 Å². The molecule has 4 amide bonds. The van der Waals surface area contributed by atoms with Crippen molar-refractivity contribution in [2.24, 2.45) is 22.9 Å². The third kappa shape index (κ3) is 4.67. The van der Waals surface area contributed by atoms with E-state index in [9.17, 15) is 19.2 Å². The highest BCUT2D eigenvalue weighted by atomic mass is 16.2. The van der Waals surface area contributed by atoms with E-state index in [-0.39, 0.29) is 22.3 Å². The zero-order valence-electron chi connectivity index (χ0n) is 12.6. The molecule has 2 aromatic carbocycles. The number of nitrogens with two attached hydrogens (primary N) is 4. The molecule has 0 aromatic heterocycles. The van der Waals surface area contributed by atoms with Gasteiger partial charge in [0.05, 0.1) is 22.3 Å². The van der Waals surface area contributed by atoms with E-state index in [1.165, 1.54) is 24.3 Å². The lowest BCUT2D eigenvalue weighted by atomic mass is 10.1. The van der Waals surface area contributed by atoms with E-state index < -0.39 is 23.6 Å². The molecule has 0 saturated carbocycles. The van der Waals surface area contributed by atoms with Crippen molar-refractivity contribution in [1.29, 1.82) is 0 Å². The van der Waals surface area contributed by atoms with Crippen LogP contribution in [0.5, 0.6) is 0 Å². The Kier molecular flexibility index (Phi) is 6.19. The van der Waals surface area contributed by atoms with Gasteiger partial charge in [0.1, 0.15) is 0 Å². The Balaban J connectivity index is 0.000000240. The van der Waals surface area contributed by atoms with Crippen LogP contribution in [0.4, 0.5) is 0 Å². The average Bonchev–Trinajstić information content (AvgIpc) is 2.55. The van der Waals surface area contributed by atoms with Crippen LogP contribution in [0.25, 0.3) is 0 Å². The van der Waals surface area contributed by atoms with E-state index in [4.69, 9.17) is 22.9 Å². The molecule has 0 aliphatic carbocycles. The molecule has 0 aliphatic rings. The molecule has 2 aromatic rings. The van der Waals surface area contributed by atoms with Crippen molar-refractivity contribution in [3.05, 3.63) is 70.8 Å². The Labute approximate surface area is 137 Å². The van der Waals surface area contributed by atoms with Gasteiger partial charge in [-0.3, -0.25) is 19.2 Å². The second-order valence-electron chi connectivity index (χ2n) is 4.55. The first-order valence-corrected chi connectivity index (χ1v) is 6.63. The van der Waals surface area contributed by atoms with Gasteiger partial charge >= 0.3 is 0 Å². The number of rotatable bonds is 4. The van der Waals surface area contributed by atoms with E-state index in [1.54, 1.807) is 24.3 Å². The van der Waals surface area contributed by atoms with Gasteiger partial charge in [-0.2, -0.15) is 0 Å². The van der Waals surface area contributed by atoms with Crippen molar-refractivity contribution in [3.8, 4) is 0 Å². The number of carbonyl (C=O) groups excluding carboxylic acids is 4. The Morgan fingerprint density at radius 1 is 0.458 bits per heavy atom. The SMILES string of the molecule is NC(=O)c1ccccc1C(N)=O.NC(=O)c1ccccc1C(N)=O. The summed E-state index contributed by atoms with van der Waals surface area (Å²) in [5.41, 5.74) is 20.7. The summed E-state index contributed by atoms with van der Waals surface area (Å²) >= 11 is 0. The highest BCUT2D eigenvalue weighted by molar-refractivity contribution is 6.06. The molecule has 0 unspecified atom stereocenters. The van der Waals surface area contributed by atoms with Crippen LogP contribution in [0, 0.1) is 0 Å². The Hall–Kier alpha value is -3.68. The van der Waals surface area contributed by atoms with Gasteiger partial charge in [0.15, 0.2) is 0 Å². The summed E-state index contributed by atoms with van der Waals surface area (Å²) in [6.07, 6.45) is 0. The molecule has 0 bridgehead atoms. The van der Waals surface area contributed by atoms with E-state index in [0.29, 0.717) is 0 Å². The van der Waals surface area contributed by atoms with Gasteiger partial charge in [-0.1, -0.05) is 24.3 Å². The van der Waals surface area contributed by atoms with Crippen LogP contribution in [-0.4, -0.2) is 23.6 Å². The number of hydrogen-bond acceptors (Lipinski definition) is 4. The first-order valence-electron chi connectivity index (χ1n) is 6.63. The molecule has 8 nitrogen and oxygen atoms in total. The standard InChI is InChI=1S/2C8H8N2O2/c2*9-7(11)5-3-1-2-4-6(5)8(10)12/h2*1-4H,(H2,9,11)(H2,10,12). The fraction of sp³-hybridized carbons (Fsp3) is 0. The maximum Gasteiger partial charge on any atom is 0.249 e. The predicted molar refractivity (Wildman–Crippen MR) is 87.0 cm³/mol. The minimum absolute atomic E-state index is 0.157. The molecule has 0 radical (unpaired) electrons. The van der Waals surface area contributed by atoms with Gasteiger partial charge < -0.3 is 22.9 Å². The lowest BCUT2D eigenvalue weighted by Crippen LogP contribution is -2.20. The van der Waals surface area contributed by atoms with Crippen LogP contribution < -0.4 is 22.9 Å². The molecular weight excluding hydrogens is 312 g/mol. The highest BCUT2D eigenvalue weighted by Gasteiger charge is 2.11. The van der Waals surface area contributed by atoms with Gasteiger partial charge in [-0.15, -0.1) is 0 Å². The highest BCUT2D eigenvalue weighted by Crippen LogP contribution is 2.07. The first kappa shape index (κ1) is 18.4. The average molecular weight is 328 g/mol. The van der Waals surface area contributed by atoms with E-state index in [2.05, 4.69) is 0 Å². The molecule has 8 heteroatoms. The molecule has 2 rings (SSSR count). The minimum Gasteiger partial charge on any atom is -0.366 e. The number of carbonyl (C=O) groups is 4. The largest absolute Gasteiger partial charge is 0.366 e. The summed E-state index contributed by atoms with van der Waals surface area (Å²) < 4.78 is 0. The molecule has 0 spiro atoms. The smallest absolute Gasteiger partial charge is 0.249 e. The maximum atomic E-state index is 10.7. The zero-order valence-corrected chi connectivity index (χ0v) is 12.6. The van der Waals surface area contributed by atoms with Gasteiger partial charge in [-0.25, -0.2) is 0 Å². The van der Waals surface area contributed by atoms with Gasteiger partial charge in [-0.05, 0) is 24.3 Å². The lowest BCUT2D eigenvalue weighted by Gasteiger charge is -2.00. The summed E-state index contributed by atoms with van der Waals surface area (Å²) in [7, 11) is 0. The van der Waals surface area contributed by atoms with Gasteiger partial charge in [0.2, 0.25) is 23.6 Å². The molecule has 0 heterocycles. The fourth-order valence-corrected chi connectivity index (χ4v) is 1.83. The summed E-state index contributed by atoms with van der Waals surface area (Å²) in [6, 6.07) is 12.3. The summed E-state index contributed by atoms with van der Waals surface area (Å²) in [6.45, 7) is 0. The van der Waals surface area contributed by atoms with Crippen molar-refractivity contribution in [2.75, 3.05) is 0 Å². The van der Waals surface area contributed by atoms with Crippen LogP contribution in [0.1, 0.15) is 41.4 Å². The van der Waals surface area contributed by atoms with E-state index >= 15 is 0 Å². The van der Waals surface area contributed by atoms with Crippen molar-refractivity contribution in [3.63, 3.8) is 0 Å². The molecule has 24 heavy (non-hydrogen) atoms. The second kappa shape index (κ2) is 8.08. The molecule has 0 atom stereocenters. The van der Waals surface area contributed by atoms with Crippen molar-refractivity contribution >= 4 is 23.6 Å². The topological polar surface area (TPSA) is 172 Å². The van der Waals surface area contributed by atoms with Crippen LogP contribution in [-0.2, 0) is 0 Å². The van der Waals surface area contributed by atoms with Crippen LogP contribution >= 0.6 is 0 Å². The molecule has 0 fully saturated rings. The summed E-state index contributed by atoms with van der Waals surface area (Å²) in [4.78, 5) is 43.0. The zero-order chi connectivity index (χ0) is 18.3. The molecule has 124 valence electrons. The Morgan fingerprint density at radius 3 is 0.750 bits per heavy atom. The molecular formula is C16H16N4O4. The number of benzene rings is 2. The van der Waals surface area contributed by atoms with Crippen molar-refractivity contribution < 1.29 is 19.2 Å². The molecule has 0 saturated heterocycles. The second-order valence-corrected chi connectivity index (χ2v) is 4.55. The molecule has 8 N–H and O–H groups in total. The van der Waals surface area contributed by atoms with Crippen molar-refractivity contribution in [1.82, 2.24) is 0 Å². The summed E-state index contributed by atoms with van der Waals surface area (Å²) in [5.74, 6) is -2.59. The lowest BCUT2D eigenvalue weighted by molar-refractivity contribution is 0.0967. The third-order valence-electron chi connectivity index (χ3n) is 2.92. The monoisotopic (exact) mass is 328 g/mol. The van der Waals surface area contributed by atoms with Crippen molar-refractivity contribution in [2.45, 2.75) is 0 Å². The number of amides is 4. The normalized spacial score (nSPS) is 9.33. The van der Waals surface area contributed by atoms with Crippen LogP contribution in [0.2, 0.25) is 0 Å². The number of hydrogen-bond donors (Lipinski definition) is 4. The van der Waals surface area contributed by atoms with E-state index in [1.807, 2.05) is 0 Å². The van der Waals surface area contributed by atoms with E-state index in [0.717, 1.165) is 0 Å². The predicted octanol–water partition coefficient (Wildman–Crippen LogP) is -0.231. The van der Waals surface area contributed by atoms with Crippen LogP contribution in [0.15, 0.2) is 48.5 Å². The quantitative estimate of drug-likeness (QED) is 0.607. The Bertz CT molecular complexity index is 669. The maximum absolute atomic E-state index is 10.7.